The number of sulfonamides is 1. The van der Waals surface area contributed by atoms with Crippen molar-refractivity contribution < 1.29 is 30.5 Å². The summed E-state index contributed by atoms with van der Waals surface area (Å²) in [4.78, 5) is 4.17. The van der Waals surface area contributed by atoms with E-state index in [0.29, 0.717) is 17.5 Å². The van der Waals surface area contributed by atoms with Gasteiger partial charge in [-0.05, 0) is 36.2 Å². The maximum absolute atomic E-state index is 13.1. The van der Waals surface area contributed by atoms with Gasteiger partial charge in [-0.3, -0.25) is 0 Å². The van der Waals surface area contributed by atoms with Crippen LogP contribution >= 0.6 is 11.3 Å². The zero-order valence-corrected chi connectivity index (χ0v) is 15.5. The van der Waals surface area contributed by atoms with Crippen molar-refractivity contribution in [3.63, 3.8) is 0 Å². The van der Waals surface area contributed by atoms with Gasteiger partial charge in [0.25, 0.3) is 0 Å². The van der Waals surface area contributed by atoms with Gasteiger partial charge in [-0.25, -0.2) is 12.8 Å². The Morgan fingerprint density at radius 2 is 1.89 bits per heavy atom. The van der Waals surface area contributed by atoms with Crippen LogP contribution in [0.1, 0.15) is 16.3 Å². The van der Waals surface area contributed by atoms with Gasteiger partial charge in [0, 0.05) is 28.9 Å². The van der Waals surface area contributed by atoms with Crippen LogP contribution in [0.25, 0.3) is 11.4 Å². The Kier molecular flexibility index (Phi) is 4.51. The fourth-order valence-corrected chi connectivity index (χ4v) is 5.33. The molecule has 0 saturated heterocycles. The molecule has 6 nitrogen and oxygen atoms in total. The molecule has 4 rings (SSSR count). The Hall–Kier alpha value is -2.31. The van der Waals surface area contributed by atoms with Crippen molar-refractivity contribution in [3.8, 4) is 11.4 Å². The van der Waals surface area contributed by atoms with E-state index in [1.807, 2.05) is 0 Å². The van der Waals surface area contributed by atoms with Crippen molar-refractivity contribution in [1.29, 1.82) is 0 Å². The van der Waals surface area contributed by atoms with Crippen molar-refractivity contribution in [1.82, 2.24) is 14.4 Å². The zero-order chi connectivity index (χ0) is 20.1. The van der Waals surface area contributed by atoms with Gasteiger partial charge in [-0.2, -0.15) is 22.5 Å². The maximum Gasteiger partial charge on any atom is 0.471 e. The summed E-state index contributed by atoms with van der Waals surface area (Å²) in [5.41, 5.74) is 0.842. The third kappa shape index (κ3) is 3.31. The standard InChI is InChI=1S/C16H11F4N3O3S2/c17-9-1-3-10(4-2-9)28(24,25)23-6-5-13-11(7-23)12(8-27-13)14-21-15(26-22-14)16(18,19)20/h1-4,8H,5-7H2. The molecule has 0 aliphatic carbocycles. The molecule has 3 heterocycles. The number of alkyl halides is 3. The molecule has 0 amide bonds. The lowest BCUT2D eigenvalue weighted by Crippen LogP contribution is -2.35. The van der Waals surface area contributed by atoms with Crippen LogP contribution in [0.15, 0.2) is 39.1 Å². The van der Waals surface area contributed by atoms with Crippen LogP contribution in [0.5, 0.6) is 0 Å². The van der Waals surface area contributed by atoms with E-state index >= 15 is 0 Å². The minimum Gasteiger partial charge on any atom is -0.329 e. The first-order chi connectivity index (χ1) is 13.2. The molecule has 0 fully saturated rings. The molecule has 12 heteroatoms. The van der Waals surface area contributed by atoms with E-state index in [4.69, 9.17) is 0 Å². The van der Waals surface area contributed by atoms with E-state index < -0.39 is 27.9 Å². The van der Waals surface area contributed by atoms with Crippen molar-refractivity contribution in [2.24, 2.45) is 0 Å². The molecule has 0 spiro atoms. The number of fused-ring (bicyclic) bond motifs is 1. The van der Waals surface area contributed by atoms with E-state index in [1.165, 1.54) is 27.8 Å². The molecular formula is C16H11F4N3O3S2. The number of hydrogen-bond acceptors (Lipinski definition) is 6. The van der Waals surface area contributed by atoms with Crippen LogP contribution in [0.3, 0.4) is 0 Å². The van der Waals surface area contributed by atoms with E-state index in [1.54, 1.807) is 5.38 Å². The first kappa shape index (κ1) is 19.0. The molecule has 1 aliphatic heterocycles. The molecule has 1 aliphatic rings. The fourth-order valence-electron chi connectivity index (χ4n) is 2.88. The van der Waals surface area contributed by atoms with Crippen LogP contribution in [0.2, 0.25) is 0 Å². The molecule has 0 bridgehead atoms. The van der Waals surface area contributed by atoms with Crippen molar-refractivity contribution in [3.05, 3.63) is 51.8 Å². The van der Waals surface area contributed by atoms with Crippen molar-refractivity contribution >= 4 is 21.4 Å². The summed E-state index contributed by atoms with van der Waals surface area (Å²) < 4.78 is 82.3. The second-order valence-electron chi connectivity index (χ2n) is 6.01. The molecule has 148 valence electrons. The summed E-state index contributed by atoms with van der Waals surface area (Å²) >= 11 is 1.30. The number of aromatic nitrogens is 2. The SMILES string of the molecule is O=S(=O)(c1ccc(F)cc1)N1CCc2scc(-c3noc(C(F)(F)F)n3)c2C1. The molecule has 0 atom stereocenters. The Balaban J connectivity index is 1.66. The first-order valence-electron chi connectivity index (χ1n) is 7.92. The Labute approximate surface area is 160 Å². The van der Waals surface area contributed by atoms with Gasteiger partial charge in [0.2, 0.25) is 15.8 Å². The first-order valence-corrected chi connectivity index (χ1v) is 10.2. The second kappa shape index (κ2) is 6.64. The van der Waals surface area contributed by atoms with Gasteiger partial charge in [0.05, 0.1) is 4.90 Å². The zero-order valence-electron chi connectivity index (χ0n) is 13.9. The predicted molar refractivity (Wildman–Crippen MR) is 90.3 cm³/mol. The summed E-state index contributed by atoms with van der Waals surface area (Å²) in [7, 11) is -3.89. The monoisotopic (exact) mass is 433 g/mol. The minimum atomic E-state index is -4.76. The molecule has 1 aromatic carbocycles. The lowest BCUT2D eigenvalue weighted by atomic mass is 10.1. The summed E-state index contributed by atoms with van der Waals surface area (Å²) in [5.74, 6) is -2.27. The number of hydrogen-bond donors (Lipinski definition) is 0. The molecule has 2 aromatic heterocycles. The van der Waals surface area contributed by atoms with E-state index in [9.17, 15) is 26.0 Å². The van der Waals surface area contributed by atoms with Crippen LogP contribution in [0, 0.1) is 5.82 Å². The highest BCUT2D eigenvalue weighted by molar-refractivity contribution is 7.89. The van der Waals surface area contributed by atoms with Crippen LogP contribution in [-0.4, -0.2) is 29.4 Å². The average molecular weight is 433 g/mol. The molecule has 28 heavy (non-hydrogen) atoms. The fraction of sp³-hybridized carbons (Fsp3) is 0.250. The average Bonchev–Trinajstić information content (AvgIpc) is 3.28. The number of benzene rings is 1. The number of thiophene rings is 1. The summed E-state index contributed by atoms with van der Waals surface area (Å²) in [6.45, 7) is 0.149. The third-order valence-electron chi connectivity index (χ3n) is 4.26. The molecule has 0 unspecified atom stereocenters. The Morgan fingerprint density at radius 1 is 1.18 bits per heavy atom. The van der Waals surface area contributed by atoms with Crippen molar-refractivity contribution in [2.75, 3.05) is 6.54 Å². The van der Waals surface area contributed by atoms with E-state index in [-0.39, 0.29) is 23.8 Å². The molecule has 3 aromatic rings. The van der Waals surface area contributed by atoms with Crippen molar-refractivity contribution in [2.45, 2.75) is 24.0 Å². The predicted octanol–water partition coefficient (Wildman–Crippen LogP) is 3.70. The Morgan fingerprint density at radius 3 is 2.54 bits per heavy atom. The second-order valence-corrected chi connectivity index (χ2v) is 8.92. The third-order valence-corrected chi connectivity index (χ3v) is 7.21. The quantitative estimate of drug-likeness (QED) is 0.589. The smallest absolute Gasteiger partial charge is 0.329 e. The maximum atomic E-state index is 13.1. The van der Waals surface area contributed by atoms with Crippen LogP contribution in [0.4, 0.5) is 17.6 Å². The highest BCUT2D eigenvalue weighted by Crippen LogP contribution is 2.37. The molecule has 0 radical (unpaired) electrons. The van der Waals surface area contributed by atoms with Crippen LogP contribution in [-0.2, 0) is 29.2 Å². The lowest BCUT2D eigenvalue weighted by Gasteiger charge is -2.26. The normalized spacial score (nSPS) is 15.6. The highest BCUT2D eigenvalue weighted by Gasteiger charge is 2.39. The van der Waals surface area contributed by atoms with Gasteiger partial charge in [-0.1, -0.05) is 5.16 Å². The van der Waals surface area contributed by atoms with Gasteiger partial charge < -0.3 is 4.52 Å². The molecular weight excluding hydrogens is 422 g/mol. The van der Waals surface area contributed by atoms with Gasteiger partial charge in [0.15, 0.2) is 0 Å². The van der Waals surface area contributed by atoms with Gasteiger partial charge in [0.1, 0.15) is 5.82 Å². The van der Waals surface area contributed by atoms with E-state index in [2.05, 4.69) is 14.7 Å². The minimum absolute atomic E-state index is 0.0518. The number of rotatable bonds is 3. The summed E-state index contributed by atoms with van der Waals surface area (Å²) in [5, 5.41) is 4.97. The molecule has 0 N–H and O–H groups in total. The van der Waals surface area contributed by atoms with E-state index in [0.717, 1.165) is 17.0 Å². The molecule has 0 saturated carbocycles. The number of halogens is 4. The highest BCUT2D eigenvalue weighted by atomic mass is 32.2. The van der Waals surface area contributed by atoms with Gasteiger partial charge in [-0.15, -0.1) is 11.3 Å². The van der Waals surface area contributed by atoms with Crippen LogP contribution < -0.4 is 0 Å². The summed E-state index contributed by atoms with van der Waals surface area (Å²) in [6.07, 6.45) is -4.37. The number of nitrogens with zero attached hydrogens (tertiary/aromatic N) is 3. The van der Waals surface area contributed by atoms with Gasteiger partial charge >= 0.3 is 12.1 Å². The summed E-state index contributed by atoms with van der Waals surface area (Å²) in [6, 6.07) is 4.44. The topological polar surface area (TPSA) is 76.3 Å². The lowest BCUT2D eigenvalue weighted by molar-refractivity contribution is -0.159. The Bertz CT molecular complexity index is 1120. The largest absolute Gasteiger partial charge is 0.471 e.